The molecule has 1 aromatic carbocycles. The lowest BCUT2D eigenvalue weighted by Crippen LogP contribution is -2.10. The van der Waals surface area contributed by atoms with E-state index in [-0.39, 0.29) is 11.5 Å². The minimum absolute atomic E-state index is 0.0894. The van der Waals surface area contributed by atoms with Crippen molar-refractivity contribution in [2.45, 2.75) is 6.92 Å². The van der Waals surface area contributed by atoms with Crippen LogP contribution in [0.3, 0.4) is 0 Å². The molecule has 1 aromatic heterocycles. The number of aryl methyl sites for hydroxylation is 1. The Bertz CT molecular complexity index is 519. The normalized spacial score (nSPS) is 10.1. The van der Waals surface area contributed by atoms with Crippen molar-refractivity contribution < 1.29 is 14.4 Å². The fraction of sp³-hybridized carbons (Fsp3) is 0.0909. The van der Waals surface area contributed by atoms with Crippen molar-refractivity contribution in [2.75, 3.05) is 5.32 Å². The summed E-state index contributed by atoms with van der Waals surface area (Å²) in [6, 6.07) is 7.81. The van der Waals surface area contributed by atoms with E-state index in [9.17, 15) is 9.90 Å². The quantitative estimate of drug-likeness (QED) is 0.807. The molecule has 0 atom stereocenters. The molecule has 2 rings (SSSR count). The van der Waals surface area contributed by atoms with Crippen LogP contribution in [0.4, 0.5) is 5.69 Å². The maximum atomic E-state index is 11.6. The van der Waals surface area contributed by atoms with Crippen molar-refractivity contribution >= 4 is 11.6 Å². The van der Waals surface area contributed by atoms with Crippen LogP contribution in [0, 0.1) is 6.92 Å². The monoisotopic (exact) mass is 218 g/mol. The fourth-order valence-corrected chi connectivity index (χ4v) is 1.25. The van der Waals surface area contributed by atoms with Crippen molar-refractivity contribution in [3.63, 3.8) is 0 Å². The second kappa shape index (κ2) is 4.06. The van der Waals surface area contributed by atoms with Crippen LogP contribution < -0.4 is 5.32 Å². The molecule has 1 heterocycles. The van der Waals surface area contributed by atoms with Gasteiger partial charge >= 0.3 is 0 Å². The van der Waals surface area contributed by atoms with Gasteiger partial charge in [0.1, 0.15) is 5.75 Å². The lowest BCUT2D eigenvalue weighted by atomic mass is 10.3. The van der Waals surface area contributed by atoms with Gasteiger partial charge in [0.15, 0.2) is 0 Å². The molecule has 0 saturated carbocycles. The van der Waals surface area contributed by atoms with E-state index in [1.807, 2.05) is 0 Å². The number of benzene rings is 1. The minimum Gasteiger partial charge on any atom is -0.508 e. The van der Waals surface area contributed by atoms with Crippen LogP contribution in [-0.2, 0) is 0 Å². The predicted molar refractivity (Wildman–Crippen MR) is 57.3 cm³/mol. The average molecular weight is 218 g/mol. The summed E-state index contributed by atoms with van der Waals surface area (Å²) in [5.41, 5.74) is 1.14. The highest BCUT2D eigenvalue weighted by Gasteiger charge is 2.11. The van der Waals surface area contributed by atoms with Crippen molar-refractivity contribution in [1.82, 2.24) is 5.16 Å². The summed E-state index contributed by atoms with van der Waals surface area (Å²) < 4.78 is 4.80. The Balaban J connectivity index is 2.13. The van der Waals surface area contributed by atoms with E-state index in [1.165, 1.54) is 18.2 Å². The number of carbonyl (C=O) groups excluding carboxylic acids is 1. The Morgan fingerprint density at radius 2 is 2.25 bits per heavy atom. The van der Waals surface area contributed by atoms with Gasteiger partial charge < -0.3 is 14.9 Å². The van der Waals surface area contributed by atoms with Crippen LogP contribution in [0.25, 0.3) is 0 Å². The Labute approximate surface area is 91.7 Å². The molecule has 2 N–H and O–H groups in total. The zero-order valence-electron chi connectivity index (χ0n) is 8.60. The van der Waals surface area contributed by atoms with Crippen LogP contribution >= 0.6 is 0 Å². The second-order valence-corrected chi connectivity index (χ2v) is 3.34. The molecule has 2 aromatic rings. The van der Waals surface area contributed by atoms with E-state index in [4.69, 9.17) is 4.52 Å². The van der Waals surface area contributed by atoms with Crippen molar-refractivity contribution in [3.05, 3.63) is 41.8 Å². The van der Waals surface area contributed by atoms with Crippen LogP contribution in [0.5, 0.6) is 5.75 Å². The molecular formula is C11H10N2O3. The number of aromatic hydroxyl groups is 1. The van der Waals surface area contributed by atoms with Crippen molar-refractivity contribution in [2.24, 2.45) is 0 Å². The number of amides is 1. The van der Waals surface area contributed by atoms with Gasteiger partial charge in [0.05, 0.1) is 5.69 Å². The molecule has 0 unspecified atom stereocenters. The van der Waals surface area contributed by atoms with E-state index >= 15 is 0 Å². The summed E-state index contributed by atoms with van der Waals surface area (Å²) in [4.78, 5) is 11.6. The number of hydrogen-bond acceptors (Lipinski definition) is 4. The number of anilines is 1. The number of nitrogens with zero attached hydrogens (tertiary/aromatic N) is 1. The van der Waals surface area contributed by atoms with Crippen molar-refractivity contribution in [3.8, 4) is 5.75 Å². The Morgan fingerprint density at radius 3 is 2.88 bits per heavy atom. The SMILES string of the molecule is Cc1cc(C(=O)Nc2cccc(O)c2)on1. The fourth-order valence-electron chi connectivity index (χ4n) is 1.25. The van der Waals surface area contributed by atoms with Gasteiger partial charge in [0, 0.05) is 17.8 Å². The van der Waals surface area contributed by atoms with Gasteiger partial charge in [0.2, 0.25) is 5.76 Å². The molecule has 0 bridgehead atoms. The Morgan fingerprint density at radius 1 is 1.44 bits per heavy atom. The Hall–Kier alpha value is -2.30. The molecular weight excluding hydrogens is 208 g/mol. The molecule has 0 aliphatic heterocycles. The summed E-state index contributed by atoms with van der Waals surface area (Å²) >= 11 is 0. The largest absolute Gasteiger partial charge is 0.508 e. The van der Waals surface area contributed by atoms with Crippen molar-refractivity contribution in [1.29, 1.82) is 0 Å². The molecule has 16 heavy (non-hydrogen) atoms. The zero-order valence-corrected chi connectivity index (χ0v) is 8.60. The van der Waals surface area contributed by atoms with E-state index in [2.05, 4.69) is 10.5 Å². The molecule has 0 aliphatic rings. The summed E-state index contributed by atoms with van der Waals surface area (Å²) in [5.74, 6) is -0.168. The highest BCUT2D eigenvalue weighted by Crippen LogP contribution is 2.16. The number of phenolic OH excluding ortho intramolecular Hbond substituents is 1. The second-order valence-electron chi connectivity index (χ2n) is 3.34. The lowest BCUT2D eigenvalue weighted by Gasteiger charge is -2.02. The molecule has 82 valence electrons. The molecule has 0 saturated heterocycles. The molecule has 5 nitrogen and oxygen atoms in total. The number of phenols is 1. The minimum atomic E-state index is -0.397. The smallest absolute Gasteiger partial charge is 0.294 e. The van der Waals surface area contributed by atoms with Gasteiger partial charge in [-0.05, 0) is 19.1 Å². The molecule has 0 aliphatic carbocycles. The highest BCUT2D eigenvalue weighted by molar-refractivity contribution is 6.02. The van der Waals surface area contributed by atoms with E-state index in [1.54, 1.807) is 19.1 Å². The first-order valence-electron chi connectivity index (χ1n) is 4.69. The van der Waals surface area contributed by atoms with Crippen LogP contribution in [0.1, 0.15) is 16.2 Å². The molecule has 0 spiro atoms. The van der Waals surface area contributed by atoms with Gasteiger partial charge in [-0.15, -0.1) is 0 Å². The summed E-state index contributed by atoms with van der Waals surface area (Å²) in [6.07, 6.45) is 0. The average Bonchev–Trinajstić information content (AvgIpc) is 2.65. The van der Waals surface area contributed by atoms with Crippen LogP contribution in [0.15, 0.2) is 34.9 Å². The number of nitrogens with one attached hydrogen (secondary N) is 1. The van der Waals surface area contributed by atoms with Gasteiger partial charge in [-0.25, -0.2) is 0 Å². The first-order valence-corrected chi connectivity index (χ1v) is 4.69. The van der Waals surface area contributed by atoms with E-state index < -0.39 is 5.91 Å². The summed E-state index contributed by atoms with van der Waals surface area (Å²) in [7, 11) is 0. The standard InChI is InChI=1S/C11H10N2O3/c1-7-5-10(16-13-7)11(15)12-8-3-2-4-9(14)6-8/h2-6,14H,1H3,(H,12,15). The van der Waals surface area contributed by atoms with E-state index in [0.29, 0.717) is 11.4 Å². The van der Waals surface area contributed by atoms with Gasteiger partial charge in [0.25, 0.3) is 5.91 Å². The van der Waals surface area contributed by atoms with E-state index in [0.717, 1.165) is 0 Å². The lowest BCUT2D eigenvalue weighted by molar-refractivity contribution is 0.0988. The van der Waals surface area contributed by atoms with Gasteiger partial charge in [-0.3, -0.25) is 4.79 Å². The molecule has 0 radical (unpaired) electrons. The third-order valence-corrected chi connectivity index (χ3v) is 1.96. The van der Waals surface area contributed by atoms with Crippen LogP contribution in [-0.4, -0.2) is 16.2 Å². The summed E-state index contributed by atoms with van der Waals surface area (Å²) in [6.45, 7) is 1.73. The van der Waals surface area contributed by atoms with Gasteiger partial charge in [-0.2, -0.15) is 0 Å². The molecule has 1 amide bonds. The maximum absolute atomic E-state index is 11.6. The topological polar surface area (TPSA) is 75.4 Å². The summed E-state index contributed by atoms with van der Waals surface area (Å²) in [5, 5.41) is 15.4. The number of hydrogen-bond donors (Lipinski definition) is 2. The molecule has 5 heteroatoms. The third-order valence-electron chi connectivity index (χ3n) is 1.96. The maximum Gasteiger partial charge on any atom is 0.294 e. The third kappa shape index (κ3) is 2.20. The first-order chi connectivity index (χ1) is 7.65. The number of rotatable bonds is 2. The predicted octanol–water partition coefficient (Wildman–Crippen LogP) is 1.94. The van der Waals surface area contributed by atoms with Gasteiger partial charge in [-0.1, -0.05) is 11.2 Å². The Kier molecular flexibility index (Phi) is 2.59. The van der Waals surface area contributed by atoms with Crippen LogP contribution in [0.2, 0.25) is 0 Å². The number of carbonyl (C=O) groups is 1. The zero-order chi connectivity index (χ0) is 11.5. The molecule has 0 fully saturated rings. The number of aromatic nitrogens is 1. The highest BCUT2D eigenvalue weighted by atomic mass is 16.5. The first kappa shape index (κ1) is 10.2.